The lowest BCUT2D eigenvalue weighted by molar-refractivity contribution is -0.111. The fourth-order valence-electron chi connectivity index (χ4n) is 3.53. The molecule has 1 aromatic heterocycles. The van der Waals surface area contributed by atoms with Gasteiger partial charge in [-0.25, -0.2) is 4.68 Å². The summed E-state index contributed by atoms with van der Waals surface area (Å²) in [6, 6.07) is 13.3. The Hall–Kier alpha value is -3.88. The molecule has 1 amide bonds. The average molecular weight is 449 g/mol. The van der Waals surface area contributed by atoms with Crippen molar-refractivity contribution in [1.29, 1.82) is 0 Å². The SMILES string of the molecule is C=CC(=O)Nc1ccc(C(Nc2ccc(OCC)cc2OCC)c2nnnn2C2CC2)cc1. The Bertz CT molecular complexity index is 1110. The molecule has 1 atom stereocenters. The first-order valence-electron chi connectivity index (χ1n) is 11.1. The molecule has 1 aliphatic carbocycles. The van der Waals surface area contributed by atoms with Crippen LogP contribution in [0.3, 0.4) is 0 Å². The van der Waals surface area contributed by atoms with Gasteiger partial charge in [-0.15, -0.1) is 5.10 Å². The van der Waals surface area contributed by atoms with Crippen LogP contribution in [-0.4, -0.2) is 39.3 Å². The summed E-state index contributed by atoms with van der Waals surface area (Å²) in [5.41, 5.74) is 2.43. The predicted molar refractivity (Wildman–Crippen MR) is 126 cm³/mol. The van der Waals surface area contributed by atoms with E-state index >= 15 is 0 Å². The topological polar surface area (TPSA) is 103 Å². The van der Waals surface area contributed by atoms with Gasteiger partial charge in [-0.05, 0) is 73.0 Å². The zero-order valence-electron chi connectivity index (χ0n) is 18.8. The molecule has 0 aliphatic heterocycles. The number of ether oxygens (including phenoxy) is 2. The Labute approximate surface area is 192 Å². The number of hydrogen-bond acceptors (Lipinski definition) is 7. The summed E-state index contributed by atoms with van der Waals surface area (Å²) in [6.07, 6.45) is 3.36. The molecule has 172 valence electrons. The third kappa shape index (κ3) is 5.31. The van der Waals surface area contributed by atoms with E-state index in [0.29, 0.717) is 30.7 Å². The van der Waals surface area contributed by atoms with Gasteiger partial charge in [0.05, 0.1) is 24.9 Å². The number of aromatic nitrogens is 4. The monoisotopic (exact) mass is 448 g/mol. The van der Waals surface area contributed by atoms with E-state index in [2.05, 4.69) is 32.7 Å². The molecule has 1 aliphatic rings. The molecule has 0 spiro atoms. The molecule has 9 nitrogen and oxygen atoms in total. The van der Waals surface area contributed by atoms with Gasteiger partial charge in [-0.2, -0.15) is 0 Å². The molecule has 0 radical (unpaired) electrons. The molecule has 1 saturated carbocycles. The summed E-state index contributed by atoms with van der Waals surface area (Å²) in [7, 11) is 0. The number of hydrogen-bond donors (Lipinski definition) is 2. The van der Waals surface area contributed by atoms with Gasteiger partial charge in [-0.1, -0.05) is 18.7 Å². The van der Waals surface area contributed by atoms with Gasteiger partial charge in [0.1, 0.15) is 17.5 Å². The maximum atomic E-state index is 11.6. The minimum atomic E-state index is -0.332. The molecule has 33 heavy (non-hydrogen) atoms. The first-order chi connectivity index (χ1) is 16.1. The van der Waals surface area contributed by atoms with Gasteiger partial charge in [0.25, 0.3) is 0 Å². The molecule has 2 aromatic carbocycles. The second-order valence-electron chi connectivity index (χ2n) is 7.63. The van der Waals surface area contributed by atoms with Gasteiger partial charge in [0, 0.05) is 11.8 Å². The Balaban J connectivity index is 1.69. The number of anilines is 2. The zero-order valence-corrected chi connectivity index (χ0v) is 18.8. The largest absolute Gasteiger partial charge is 0.494 e. The number of benzene rings is 2. The van der Waals surface area contributed by atoms with Crippen LogP contribution in [0.15, 0.2) is 55.1 Å². The fourth-order valence-corrected chi connectivity index (χ4v) is 3.53. The molecular formula is C24H28N6O3. The highest BCUT2D eigenvalue weighted by Gasteiger charge is 2.32. The predicted octanol–water partition coefficient (Wildman–Crippen LogP) is 4.13. The van der Waals surface area contributed by atoms with Crippen molar-refractivity contribution in [2.75, 3.05) is 23.8 Å². The van der Waals surface area contributed by atoms with Crippen molar-refractivity contribution in [3.8, 4) is 11.5 Å². The smallest absolute Gasteiger partial charge is 0.247 e. The average Bonchev–Trinajstić information content (AvgIpc) is 3.56. The van der Waals surface area contributed by atoms with Crippen LogP contribution in [-0.2, 0) is 4.79 Å². The van der Waals surface area contributed by atoms with Crippen LogP contribution < -0.4 is 20.1 Å². The number of rotatable bonds is 11. The van der Waals surface area contributed by atoms with E-state index in [1.165, 1.54) is 6.08 Å². The molecule has 3 aromatic rings. The third-order valence-electron chi connectivity index (χ3n) is 5.23. The molecule has 9 heteroatoms. The van der Waals surface area contributed by atoms with Gasteiger partial charge in [-0.3, -0.25) is 4.79 Å². The van der Waals surface area contributed by atoms with Crippen LogP contribution in [0.1, 0.15) is 50.2 Å². The molecule has 4 rings (SSSR count). The van der Waals surface area contributed by atoms with E-state index in [1.54, 1.807) is 0 Å². The van der Waals surface area contributed by atoms with E-state index in [-0.39, 0.29) is 11.9 Å². The van der Waals surface area contributed by atoms with Crippen molar-refractivity contribution in [3.63, 3.8) is 0 Å². The van der Waals surface area contributed by atoms with Crippen molar-refractivity contribution in [2.24, 2.45) is 0 Å². The lowest BCUT2D eigenvalue weighted by Crippen LogP contribution is -2.19. The van der Waals surface area contributed by atoms with Crippen molar-refractivity contribution in [1.82, 2.24) is 20.2 Å². The summed E-state index contributed by atoms with van der Waals surface area (Å²) in [5.74, 6) is 1.89. The van der Waals surface area contributed by atoms with Crippen LogP contribution in [0.2, 0.25) is 0 Å². The minimum absolute atomic E-state index is 0.258. The van der Waals surface area contributed by atoms with Crippen LogP contribution in [0.25, 0.3) is 0 Å². The Morgan fingerprint density at radius 2 is 1.94 bits per heavy atom. The lowest BCUT2D eigenvalue weighted by atomic mass is 10.0. The summed E-state index contributed by atoms with van der Waals surface area (Å²) in [4.78, 5) is 11.6. The number of carbonyl (C=O) groups excluding carboxylic acids is 1. The molecule has 1 unspecified atom stereocenters. The van der Waals surface area contributed by atoms with Crippen molar-refractivity contribution in [2.45, 2.75) is 38.8 Å². The second kappa shape index (κ2) is 10.2. The van der Waals surface area contributed by atoms with E-state index in [0.717, 1.165) is 35.7 Å². The number of tetrazole rings is 1. The Morgan fingerprint density at radius 3 is 2.61 bits per heavy atom. The van der Waals surface area contributed by atoms with Crippen LogP contribution in [0.5, 0.6) is 11.5 Å². The van der Waals surface area contributed by atoms with Gasteiger partial charge in [0.2, 0.25) is 5.91 Å². The van der Waals surface area contributed by atoms with Crippen LogP contribution in [0, 0.1) is 0 Å². The van der Waals surface area contributed by atoms with Crippen molar-refractivity contribution < 1.29 is 14.3 Å². The molecule has 0 saturated heterocycles. The van der Waals surface area contributed by atoms with E-state index < -0.39 is 0 Å². The molecular weight excluding hydrogens is 420 g/mol. The standard InChI is InChI=1S/C24H28N6O3/c1-4-22(31)25-17-9-7-16(8-10-17)23(24-27-28-29-30(24)18-11-12-18)26-20-14-13-19(32-5-2)15-21(20)33-6-3/h4,7-10,13-15,18,23,26H,1,5-6,11-12H2,2-3H3,(H,25,31). The molecule has 1 heterocycles. The number of nitrogens with one attached hydrogen (secondary N) is 2. The van der Waals surface area contributed by atoms with Gasteiger partial charge >= 0.3 is 0 Å². The summed E-state index contributed by atoms with van der Waals surface area (Å²) in [5, 5.41) is 18.9. The number of amides is 1. The van der Waals surface area contributed by atoms with E-state index in [4.69, 9.17) is 9.47 Å². The number of carbonyl (C=O) groups is 1. The maximum absolute atomic E-state index is 11.6. The van der Waals surface area contributed by atoms with Crippen LogP contribution >= 0.6 is 0 Å². The first-order valence-corrected chi connectivity index (χ1v) is 11.1. The molecule has 0 bridgehead atoms. The van der Waals surface area contributed by atoms with Crippen LogP contribution in [0.4, 0.5) is 11.4 Å². The quantitative estimate of drug-likeness (QED) is 0.425. The Morgan fingerprint density at radius 1 is 1.18 bits per heavy atom. The molecule has 2 N–H and O–H groups in total. The normalized spacial score (nSPS) is 13.8. The first kappa shape index (κ1) is 22.3. The maximum Gasteiger partial charge on any atom is 0.247 e. The fraction of sp³-hybridized carbons (Fsp3) is 0.333. The van der Waals surface area contributed by atoms with Crippen molar-refractivity contribution in [3.05, 3.63) is 66.5 Å². The third-order valence-corrected chi connectivity index (χ3v) is 5.23. The minimum Gasteiger partial charge on any atom is -0.494 e. The van der Waals surface area contributed by atoms with E-state index in [9.17, 15) is 4.79 Å². The van der Waals surface area contributed by atoms with E-state index in [1.807, 2.05) is 61.0 Å². The summed E-state index contributed by atoms with van der Waals surface area (Å²) >= 11 is 0. The lowest BCUT2D eigenvalue weighted by Gasteiger charge is -2.22. The van der Waals surface area contributed by atoms with Gasteiger partial charge in [0.15, 0.2) is 5.82 Å². The zero-order chi connectivity index (χ0) is 23.2. The second-order valence-corrected chi connectivity index (χ2v) is 7.63. The van der Waals surface area contributed by atoms with Gasteiger partial charge < -0.3 is 20.1 Å². The highest BCUT2D eigenvalue weighted by atomic mass is 16.5. The highest BCUT2D eigenvalue weighted by Crippen LogP contribution is 2.39. The molecule has 1 fully saturated rings. The van der Waals surface area contributed by atoms with Crippen molar-refractivity contribution >= 4 is 17.3 Å². The highest BCUT2D eigenvalue weighted by molar-refractivity contribution is 5.98. The summed E-state index contributed by atoms with van der Waals surface area (Å²) < 4.78 is 13.4. The Kier molecular flexibility index (Phi) is 6.87. The number of nitrogens with zero attached hydrogens (tertiary/aromatic N) is 4. The summed E-state index contributed by atoms with van der Waals surface area (Å²) in [6.45, 7) is 8.47.